The Labute approximate surface area is 105 Å². The van der Waals surface area contributed by atoms with E-state index in [2.05, 4.69) is 32.9 Å². The monoisotopic (exact) mass is 246 g/mol. The Kier molecular flexibility index (Phi) is 3.52. The molecule has 1 unspecified atom stereocenters. The second-order valence-electron chi connectivity index (χ2n) is 5.19. The van der Waals surface area contributed by atoms with Crippen LogP contribution >= 0.6 is 0 Å². The molecule has 0 radical (unpaired) electrons. The van der Waals surface area contributed by atoms with E-state index < -0.39 is 8.07 Å². The van der Waals surface area contributed by atoms with Crippen LogP contribution in [0.15, 0.2) is 24.3 Å². The van der Waals surface area contributed by atoms with Gasteiger partial charge in [-0.3, -0.25) is 4.79 Å². The Hall–Kier alpha value is -0.893. The average Bonchev–Trinajstić information content (AvgIpc) is 2.72. The summed E-state index contributed by atoms with van der Waals surface area (Å²) in [5, 5.41) is 0. The standard InChI is InChI=1S/C15H22OSi/c1-4-17(5-2,6-3)15-11-14(16)12-9-7-8-10-13(12)15/h7-10,15H,4-6,11H2,1-3H3. The van der Waals surface area contributed by atoms with E-state index in [1.54, 1.807) is 0 Å². The number of hydrogen-bond acceptors (Lipinski definition) is 1. The van der Waals surface area contributed by atoms with Crippen LogP contribution in [0, 0.1) is 0 Å². The first-order valence-corrected chi connectivity index (χ1v) is 9.50. The fraction of sp³-hybridized carbons (Fsp3) is 0.533. The summed E-state index contributed by atoms with van der Waals surface area (Å²) in [5.41, 5.74) is 2.94. The molecule has 1 atom stereocenters. The SMILES string of the molecule is CC[Si](CC)(CC)C1CC(=O)c2ccccc21. The summed E-state index contributed by atoms with van der Waals surface area (Å²) in [6, 6.07) is 12.2. The van der Waals surface area contributed by atoms with E-state index in [1.807, 2.05) is 12.1 Å². The molecule has 17 heavy (non-hydrogen) atoms. The molecule has 0 N–H and O–H groups in total. The number of rotatable bonds is 4. The molecule has 1 aromatic rings. The molecule has 1 aliphatic carbocycles. The summed E-state index contributed by atoms with van der Waals surface area (Å²) in [6.07, 6.45) is 0.779. The fourth-order valence-corrected chi connectivity index (χ4v) is 8.00. The molecule has 0 saturated heterocycles. The van der Waals surface area contributed by atoms with Gasteiger partial charge in [0, 0.05) is 12.0 Å². The van der Waals surface area contributed by atoms with E-state index in [0.29, 0.717) is 11.3 Å². The van der Waals surface area contributed by atoms with Crippen LogP contribution in [0.2, 0.25) is 18.1 Å². The first-order valence-electron chi connectivity index (χ1n) is 6.80. The number of carbonyl (C=O) groups is 1. The van der Waals surface area contributed by atoms with E-state index in [1.165, 1.54) is 23.7 Å². The topological polar surface area (TPSA) is 17.1 Å². The Morgan fingerprint density at radius 3 is 2.29 bits per heavy atom. The minimum atomic E-state index is -1.30. The van der Waals surface area contributed by atoms with Crippen LogP contribution in [0.3, 0.4) is 0 Å². The lowest BCUT2D eigenvalue weighted by molar-refractivity contribution is 0.0993. The van der Waals surface area contributed by atoms with Gasteiger partial charge in [-0.15, -0.1) is 0 Å². The smallest absolute Gasteiger partial charge is 0.163 e. The number of benzene rings is 1. The maximum atomic E-state index is 12.1. The Morgan fingerprint density at radius 1 is 1.12 bits per heavy atom. The molecule has 0 heterocycles. The first-order chi connectivity index (χ1) is 8.18. The molecular weight excluding hydrogens is 224 g/mol. The Morgan fingerprint density at radius 2 is 1.71 bits per heavy atom. The highest BCUT2D eigenvalue weighted by molar-refractivity contribution is 6.81. The van der Waals surface area contributed by atoms with Gasteiger partial charge in [-0.05, 0) is 11.1 Å². The molecule has 0 spiro atoms. The largest absolute Gasteiger partial charge is 0.294 e. The lowest BCUT2D eigenvalue weighted by atomic mass is 10.1. The minimum Gasteiger partial charge on any atom is -0.294 e. The van der Waals surface area contributed by atoms with Crippen LogP contribution in [-0.4, -0.2) is 13.9 Å². The van der Waals surface area contributed by atoms with Gasteiger partial charge < -0.3 is 0 Å². The fourth-order valence-electron chi connectivity index (χ4n) is 3.50. The molecule has 0 aromatic heterocycles. The van der Waals surface area contributed by atoms with Gasteiger partial charge in [0.05, 0.1) is 8.07 Å². The maximum Gasteiger partial charge on any atom is 0.163 e. The van der Waals surface area contributed by atoms with Crippen molar-refractivity contribution in [3.8, 4) is 0 Å². The number of fused-ring (bicyclic) bond motifs is 1. The number of Topliss-reactive ketones (excluding diaryl/α,β-unsaturated/α-hetero) is 1. The molecular formula is C15H22OSi. The second-order valence-corrected chi connectivity index (χ2v) is 10.7. The lowest BCUT2D eigenvalue weighted by Crippen LogP contribution is -2.39. The van der Waals surface area contributed by atoms with Crippen LogP contribution in [0.1, 0.15) is 48.7 Å². The molecule has 0 amide bonds. The van der Waals surface area contributed by atoms with Crippen molar-refractivity contribution in [3.63, 3.8) is 0 Å². The van der Waals surface area contributed by atoms with Gasteiger partial charge in [0.2, 0.25) is 0 Å². The van der Waals surface area contributed by atoms with Gasteiger partial charge in [0.25, 0.3) is 0 Å². The van der Waals surface area contributed by atoms with Crippen molar-refractivity contribution in [1.82, 2.24) is 0 Å². The number of hydrogen-bond donors (Lipinski definition) is 0. The van der Waals surface area contributed by atoms with Crippen LogP contribution in [0.5, 0.6) is 0 Å². The van der Waals surface area contributed by atoms with Crippen LogP contribution in [0.25, 0.3) is 0 Å². The predicted octanol–water partition coefficient (Wildman–Crippen LogP) is 4.40. The molecule has 0 bridgehead atoms. The molecule has 1 nitrogen and oxygen atoms in total. The lowest BCUT2D eigenvalue weighted by Gasteiger charge is -2.35. The third kappa shape index (κ3) is 1.88. The van der Waals surface area contributed by atoms with Gasteiger partial charge in [-0.1, -0.05) is 63.2 Å². The van der Waals surface area contributed by atoms with E-state index in [9.17, 15) is 4.79 Å². The van der Waals surface area contributed by atoms with Crippen molar-refractivity contribution in [2.75, 3.05) is 0 Å². The molecule has 1 aromatic carbocycles. The zero-order valence-corrected chi connectivity index (χ0v) is 12.1. The third-order valence-corrected chi connectivity index (χ3v) is 11.1. The van der Waals surface area contributed by atoms with Crippen molar-refractivity contribution >= 4 is 13.9 Å². The molecule has 0 saturated carbocycles. The van der Waals surface area contributed by atoms with Crippen LogP contribution < -0.4 is 0 Å². The number of carbonyl (C=O) groups excluding carboxylic acids is 1. The van der Waals surface area contributed by atoms with Crippen molar-refractivity contribution in [2.45, 2.75) is 50.9 Å². The summed E-state index contributed by atoms with van der Waals surface area (Å²) in [4.78, 5) is 12.1. The summed E-state index contributed by atoms with van der Waals surface area (Å²) in [7, 11) is -1.30. The van der Waals surface area contributed by atoms with Crippen molar-refractivity contribution in [1.29, 1.82) is 0 Å². The normalized spacial score (nSPS) is 19.5. The molecule has 2 rings (SSSR count). The summed E-state index contributed by atoms with van der Waals surface area (Å²) < 4.78 is 0. The first kappa shape index (κ1) is 12.6. The van der Waals surface area contributed by atoms with Crippen molar-refractivity contribution in [3.05, 3.63) is 35.4 Å². The maximum absolute atomic E-state index is 12.1. The summed E-state index contributed by atoms with van der Waals surface area (Å²) in [6.45, 7) is 6.97. The summed E-state index contributed by atoms with van der Waals surface area (Å²) in [5.74, 6) is 0.373. The molecule has 2 heteroatoms. The average molecular weight is 246 g/mol. The Balaban J connectivity index is 2.46. The van der Waals surface area contributed by atoms with E-state index in [0.717, 1.165) is 12.0 Å². The van der Waals surface area contributed by atoms with Crippen molar-refractivity contribution < 1.29 is 4.79 Å². The third-order valence-electron chi connectivity index (χ3n) is 4.88. The number of ketones is 1. The van der Waals surface area contributed by atoms with Gasteiger partial charge in [-0.25, -0.2) is 0 Å². The van der Waals surface area contributed by atoms with Gasteiger partial charge in [0.1, 0.15) is 0 Å². The zero-order chi connectivity index (χ0) is 12.5. The second kappa shape index (κ2) is 4.77. The van der Waals surface area contributed by atoms with E-state index in [-0.39, 0.29) is 0 Å². The quantitative estimate of drug-likeness (QED) is 0.719. The molecule has 92 valence electrons. The molecule has 0 aliphatic heterocycles. The Bertz CT molecular complexity index is 412. The van der Waals surface area contributed by atoms with Gasteiger partial charge in [0.15, 0.2) is 5.78 Å². The predicted molar refractivity (Wildman–Crippen MR) is 75.3 cm³/mol. The van der Waals surface area contributed by atoms with Gasteiger partial charge >= 0.3 is 0 Å². The highest BCUT2D eigenvalue weighted by Gasteiger charge is 2.43. The van der Waals surface area contributed by atoms with Gasteiger partial charge in [-0.2, -0.15) is 0 Å². The molecule has 0 fully saturated rings. The highest BCUT2D eigenvalue weighted by atomic mass is 28.3. The zero-order valence-electron chi connectivity index (χ0n) is 11.1. The highest BCUT2D eigenvalue weighted by Crippen LogP contribution is 2.44. The van der Waals surface area contributed by atoms with Crippen molar-refractivity contribution in [2.24, 2.45) is 0 Å². The van der Waals surface area contributed by atoms with Crippen LogP contribution in [0.4, 0.5) is 0 Å². The molecule has 1 aliphatic rings. The van der Waals surface area contributed by atoms with E-state index >= 15 is 0 Å². The summed E-state index contributed by atoms with van der Waals surface area (Å²) >= 11 is 0. The van der Waals surface area contributed by atoms with Crippen LogP contribution in [-0.2, 0) is 0 Å². The van der Waals surface area contributed by atoms with E-state index in [4.69, 9.17) is 0 Å². The minimum absolute atomic E-state index is 0.373.